The van der Waals surface area contributed by atoms with Crippen molar-refractivity contribution in [1.82, 2.24) is 4.98 Å². The van der Waals surface area contributed by atoms with Crippen molar-refractivity contribution >= 4 is 11.9 Å². The molecule has 6 heteroatoms. The monoisotopic (exact) mass is 277 g/mol. The number of nitrogens with one attached hydrogen (secondary N) is 1. The fraction of sp³-hybridized carbons (Fsp3) is 0.143. The lowest BCUT2D eigenvalue weighted by atomic mass is 10.2. The van der Waals surface area contributed by atoms with Gasteiger partial charge < -0.3 is 15.9 Å². The predicted octanol–water partition coefficient (Wildman–Crippen LogP) is 2.83. The van der Waals surface area contributed by atoms with E-state index in [0.717, 1.165) is 18.3 Å². The fourth-order valence-electron chi connectivity index (χ4n) is 1.66. The van der Waals surface area contributed by atoms with Gasteiger partial charge in [0.15, 0.2) is 5.82 Å². The SMILES string of the molecule is Cc1ncc(OCc2c(F)ccc(N)c2F)cc1C=N. The molecule has 1 aromatic carbocycles. The van der Waals surface area contributed by atoms with E-state index in [1.807, 2.05) is 0 Å². The van der Waals surface area contributed by atoms with E-state index in [9.17, 15) is 8.78 Å². The maximum absolute atomic E-state index is 13.7. The van der Waals surface area contributed by atoms with Crippen LogP contribution in [-0.2, 0) is 6.61 Å². The summed E-state index contributed by atoms with van der Waals surface area (Å²) >= 11 is 0. The van der Waals surface area contributed by atoms with Crippen LogP contribution in [0.1, 0.15) is 16.8 Å². The summed E-state index contributed by atoms with van der Waals surface area (Å²) in [4.78, 5) is 4.04. The summed E-state index contributed by atoms with van der Waals surface area (Å²) in [5.41, 5.74) is 6.27. The quantitative estimate of drug-likeness (QED) is 0.666. The molecule has 1 heterocycles. The van der Waals surface area contributed by atoms with Crippen LogP contribution in [0.25, 0.3) is 0 Å². The number of benzene rings is 1. The molecule has 1 aromatic heterocycles. The van der Waals surface area contributed by atoms with Crippen molar-refractivity contribution in [2.24, 2.45) is 0 Å². The van der Waals surface area contributed by atoms with Crippen molar-refractivity contribution in [2.45, 2.75) is 13.5 Å². The van der Waals surface area contributed by atoms with Crippen molar-refractivity contribution in [3.63, 3.8) is 0 Å². The molecule has 3 N–H and O–H groups in total. The second kappa shape index (κ2) is 5.64. The van der Waals surface area contributed by atoms with Crippen molar-refractivity contribution in [3.05, 3.63) is 52.9 Å². The third-order valence-corrected chi connectivity index (χ3v) is 2.86. The zero-order valence-corrected chi connectivity index (χ0v) is 10.8. The summed E-state index contributed by atoms with van der Waals surface area (Å²) in [5.74, 6) is -1.21. The van der Waals surface area contributed by atoms with Gasteiger partial charge in [-0.25, -0.2) is 8.78 Å². The molecule has 2 aromatic rings. The third kappa shape index (κ3) is 2.74. The number of hydrogen-bond donors (Lipinski definition) is 2. The molecular formula is C14H13F2N3O. The van der Waals surface area contributed by atoms with E-state index in [4.69, 9.17) is 15.9 Å². The van der Waals surface area contributed by atoms with Crippen LogP contribution in [0, 0.1) is 24.0 Å². The highest BCUT2D eigenvalue weighted by molar-refractivity contribution is 5.78. The lowest BCUT2D eigenvalue weighted by Crippen LogP contribution is -2.05. The van der Waals surface area contributed by atoms with Gasteiger partial charge in [-0.1, -0.05) is 0 Å². The highest BCUT2D eigenvalue weighted by atomic mass is 19.1. The van der Waals surface area contributed by atoms with Crippen LogP contribution >= 0.6 is 0 Å². The van der Waals surface area contributed by atoms with E-state index >= 15 is 0 Å². The van der Waals surface area contributed by atoms with Gasteiger partial charge in [-0.3, -0.25) is 4.98 Å². The molecule has 0 saturated carbocycles. The predicted molar refractivity (Wildman–Crippen MR) is 72.0 cm³/mol. The smallest absolute Gasteiger partial charge is 0.155 e. The second-order valence-electron chi connectivity index (χ2n) is 4.21. The molecule has 0 fully saturated rings. The van der Waals surface area contributed by atoms with E-state index < -0.39 is 11.6 Å². The number of nitrogens with two attached hydrogens (primary N) is 1. The largest absolute Gasteiger partial charge is 0.487 e. The number of hydrogen-bond acceptors (Lipinski definition) is 4. The summed E-state index contributed by atoms with van der Waals surface area (Å²) in [5, 5.41) is 7.22. The van der Waals surface area contributed by atoms with Gasteiger partial charge >= 0.3 is 0 Å². The minimum absolute atomic E-state index is 0.132. The van der Waals surface area contributed by atoms with Crippen molar-refractivity contribution in [3.8, 4) is 5.75 Å². The van der Waals surface area contributed by atoms with E-state index in [-0.39, 0.29) is 17.9 Å². The molecule has 0 unspecified atom stereocenters. The van der Waals surface area contributed by atoms with Crippen LogP contribution < -0.4 is 10.5 Å². The topological polar surface area (TPSA) is 72.0 Å². The van der Waals surface area contributed by atoms with Crippen LogP contribution in [-0.4, -0.2) is 11.2 Å². The molecule has 0 aliphatic rings. The molecule has 0 amide bonds. The number of rotatable bonds is 4. The van der Waals surface area contributed by atoms with E-state index in [0.29, 0.717) is 17.0 Å². The Morgan fingerprint density at radius 3 is 2.85 bits per heavy atom. The first-order valence-corrected chi connectivity index (χ1v) is 5.85. The van der Waals surface area contributed by atoms with Gasteiger partial charge in [0.2, 0.25) is 0 Å². The van der Waals surface area contributed by atoms with Gasteiger partial charge in [0.05, 0.1) is 17.4 Å². The van der Waals surface area contributed by atoms with Crippen LogP contribution in [0.2, 0.25) is 0 Å². The molecule has 0 bridgehead atoms. The molecule has 4 nitrogen and oxygen atoms in total. The number of pyridine rings is 1. The number of halogens is 2. The average molecular weight is 277 g/mol. The molecular weight excluding hydrogens is 264 g/mol. The Bertz CT molecular complexity index is 659. The zero-order valence-electron chi connectivity index (χ0n) is 10.8. The maximum Gasteiger partial charge on any atom is 0.155 e. The summed E-state index contributed by atoms with van der Waals surface area (Å²) in [6.07, 6.45) is 2.57. The molecule has 0 aliphatic carbocycles. The minimum Gasteiger partial charge on any atom is -0.487 e. The Hall–Kier alpha value is -2.50. The van der Waals surface area contributed by atoms with Gasteiger partial charge in [0.1, 0.15) is 18.2 Å². The number of aromatic nitrogens is 1. The van der Waals surface area contributed by atoms with Gasteiger partial charge in [-0.05, 0) is 25.1 Å². The summed E-state index contributed by atoms with van der Waals surface area (Å²) in [7, 11) is 0. The first kappa shape index (κ1) is 13.9. The van der Waals surface area contributed by atoms with Gasteiger partial charge in [-0.2, -0.15) is 0 Å². The Labute approximate surface area is 114 Å². The Balaban J connectivity index is 2.21. The number of anilines is 1. The van der Waals surface area contributed by atoms with Gasteiger partial charge in [-0.15, -0.1) is 0 Å². The van der Waals surface area contributed by atoms with Crippen molar-refractivity contribution in [1.29, 1.82) is 5.41 Å². The molecule has 2 rings (SSSR count). The summed E-state index contributed by atoms with van der Waals surface area (Å²) in [6.45, 7) is 1.45. The molecule has 0 spiro atoms. The summed E-state index contributed by atoms with van der Waals surface area (Å²) < 4.78 is 32.5. The molecule has 0 atom stereocenters. The molecule has 104 valence electrons. The van der Waals surface area contributed by atoms with E-state index in [1.165, 1.54) is 6.20 Å². The standard InChI is InChI=1S/C14H13F2N3O/c1-8-9(5-17)4-10(6-19-8)20-7-11-12(15)2-3-13(18)14(11)16/h2-6,17H,7,18H2,1H3. The number of nitrogens with zero attached hydrogens (tertiary/aromatic N) is 1. The lowest BCUT2D eigenvalue weighted by Gasteiger charge is -2.10. The first-order chi connectivity index (χ1) is 9.52. The molecule has 0 aliphatic heterocycles. The first-order valence-electron chi connectivity index (χ1n) is 5.85. The van der Waals surface area contributed by atoms with E-state index in [2.05, 4.69) is 4.98 Å². The third-order valence-electron chi connectivity index (χ3n) is 2.86. The maximum atomic E-state index is 13.7. The zero-order chi connectivity index (χ0) is 14.7. The Kier molecular flexibility index (Phi) is 3.93. The highest BCUT2D eigenvalue weighted by Gasteiger charge is 2.13. The Morgan fingerprint density at radius 1 is 1.40 bits per heavy atom. The highest BCUT2D eigenvalue weighted by Crippen LogP contribution is 2.21. The number of ether oxygens (including phenoxy) is 1. The van der Waals surface area contributed by atoms with Crippen LogP contribution in [0.4, 0.5) is 14.5 Å². The van der Waals surface area contributed by atoms with Crippen molar-refractivity contribution < 1.29 is 13.5 Å². The fourth-order valence-corrected chi connectivity index (χ4v) is 1.66. The second-order valence-corrected chi connectivity index (χ2v) is 4.21. The Morgan fingerprint density at radius 2 is 2.15 bits per heavy atom. The van der Waals surface area contributed by atoms with E-state index in [1.54, 1.807) is 13.0 Å². The lowest BCUT2D eigenvalue weighted by molar-refractivity contribution is 0.291. The normalized spacial score (nSPS) is 10.3. The average Bonchev–Trinajstić information content (AvgIpc) is 2.44. The van der Waals surface area contributed by atoms with Gasteiger partial charge in [0, 0.05) is 17.5 Å². The minimum atomic E-state index is -0.822. The number of aryl methyl sites for hydroxylation is 1. The van der Waals surface area contributed by atoms with Crippen LogP contribution in [0.3, 0.4) is 0 Å². The number of nitrogen functional groups attached to an aromatic ring is 1. The van der Waals surface area contributed by atoms with Crippen molar-refractivity contribution in [2.75, 3.05) is 5.73 Å². The van der Waals surface area contributed by atoms with Crippen LogP contribution in [0.5, 0.6) is 5.75 Å². The molecule has 0 saturated heterocycles. The molecule has 0 radical (unpaired) electrons. The summed E-state index contributed by atoms with van der Waals surface area (Å²) in [6, 6.07) is 3.83. The van der Waals surface area contributed by atoms with Gasteiger partial charge in [0.25, 0.3) is 0 Å². The molecule has 20 heavy (non-hydrogen) atoms. The van der Waals surface area contributed by atoms with Crippen LogP contribution in [0.15, 0.2) is 24.4 Å².